The zero-order chi connectivity index (χ0) is 12.6. The predicted molar refractivity (Wildman–Crippen MR) is 73.9 cm³/mol. The number of likely N-dealkylation sites (N-methyl/N-ethyl adjacent to an activating group) is 1. The number of hydrogen-bond donors (Lipinski definition) is 1. The summed E-state index contributed by atoms with van der Waals surface area (Å²) in [6.45, 7) is 3.15. The predicted octanol–water partition coefficient (Wildman–Crippen LogP) is 3.00. The Bertz CT molecular complexity index is 435. The van der Waals surface area contributed by atoms with Crippen LogP contribution in [0, 0.1) is 0 Å². The fourth-order valence-electron chi connectivity index (χ4n) is 3.62. The Morgan fingerprint density at radius 2 is 2.06 bits per heavy atom. The molecule has 0 bridgehead atoms. The minimum absolute atomic E-state index is 0.0401. The van der Waals surface area contributed by atoms with Gasteiger partial charge in [0.2, 0.25) is 0 Å². The maximum absolute atomic E-state index is 6.00. The van der Waals surface area contributed by atoms with Gasteiger partial charge in [0, 0.05) is 6.61 Å². The smallest absolute Gasteiger partial charge is 0.0849 e. The molecule has 1 saturated heterocycles. The van der Waals surface area contributed by atoms with E-state index in [-0.39, 0.29) is 5.60 Å². The maximum atomic E-state index is 6.00. The summed E-state index contributed by atoms with van der Waals surface area (Å²) in [6, 6.07) is 7.32. The quantitative estimate of drug-likeness (QED) is 0.884. The summed E-state index contributed by atoms with van der Waals surface area (Å²) >= 11 is 0. The van der Waals surface area contributed by atoms with Crippen molar-refractivity contribution in [2.24, 2.45) is 0 Å². The molecule has 1 aromatic carbocycles. The van der Waals surface area contributed by atoms with E-state index in [4.69, 9.17) is 4.74 Å². The lowest BCUT2D eigenvalue weighted by atomic mass is 9.86. The normalized spacial score (nSPS) is 28.3. The third kappa shape index (κ3) is 1.98. The molecule has 0 saturated carbocycles. The first-order valence-corrected chi connectivity index (χ1v) is 7.16. The van der Waals surface area contributed by atoms with Crippen molar-refractivity contribution in [2.75, 3.05) is 13.7 Å². The molecule has 1 aromatic rings. The van der Waals surface area contributed by atoms with Crippen molar-refractivity contribution in [3.8, 4) is 0 Å². The van der Waals surface area contributed by atoms with Gasteiger partial charge in [-0.05, 0) is 62.8 Å². The second-order valence-electron chi connectivity index (χ2n) is 5.87. The molecule has 1 fully saturated rings. The zero-order valence-electron chi connectivity index (χ0n) is 11.5. The molecular weight excluding hydrogens is 222 g/mol. The molecule has 2 heteroatoms. The minimum Gasteiger partial charge on any atom is -0.373 e. The molecule has 3 rings (SSSR count). The second kappa shape index (κ2) is 4.67. The summed E-state index contributed by atoms with van der Waals surface area (Å²) in [5.74, 6) is 0. The van der Waals surface area contributed by atoms with Gasteiger partial charge in [0.05, 0.1) is 11.6 Å². The van der Waals surface area contributed by atoms with Crippen molar-refractivity contribution >= 4 is 0 Å². The molecule has 1 heterocycles. The third-order valence-electron chi connectivity index (χ3n) is 4.60. The SMILES string of the molecule is CNC(c1ccc2c(c1)CCC2)C1(C)CCCO1. The Morgan fingerprint density at radius 1 is 1.22 bits per heavy atom. The van der Waals surface area contributed by atoms with Crippen molar-refractivity contribution in [3.05, 3.63) is 34.9 Å². The van der Waals surface area contributed by atoms with E-state index >= 15 is 0 Å². The molecule has 0 radical (unpaired) electrons. The molecule has 1 aliphatic heterocycles. The van der Waals surface area contributed by atoms with E-state index in [1.807, 2.05) is 7.05 Å². The summed E-state index contributed by atoms with van der Waals surface area (Å²) < 4.78 is 6.00. The minimum atomic E-state index is -0.0401. The number of aryl methyl sites for hydroxylation is 2. The van der Waals surface area contributed by atoms with E-state index in [0.29, 0.717) is 6.04 Å². The lowest BCUT2D eigenvalue weighted by Crippen LogP contribution is -2.39. The van der Waals surface area contributed by atoms with Crippen LogP contribution in [0.1, 0.15) is 48.9 Å². The van der Waals surface area contributed by atoms with E-state index in [2.05, 4.69) is 30.4 Å². The van der Waals surface area contributed by atoms with Gasteiger partial charge < -0.3 is 10.1 Å². The standard InChI is InChI=1S/C16H23NO/c1-16(9-4-10-18-16)15(17-2)14-8-7-12-5-3-6-13(12)11-14/h7-8,11,15,17H,3-6,9-10H2,1-2H3. The van der Waals surface area contributed by atoms with Crippen LogP contribution >= 0.6 is 0 Å². The van der Waals surface area contributed by atoms with Gasteiger partial charge in [-0.2, -0.15) is 0 Å². The van der Waals surface area contributed by atoms with E-state index < -0.39 is 0 Å². The van der Waals surface area contributed by atoms with Gasteiger partial charge in [0.1, 0.15) is 0 Å². The van der Waals surface area contributed by atoms with Crippen LogP contribution in [0.3, 0.4) is 0 Å². The van der Waals surface area contributed by atoms with Crippen molar-refractivity contribution in [1.82, 2.24) is 5.32 Å². The molecule has 0 spiro atoms. The lowest BCUT2D eigenvalue weighted by molar-refractivity contribution is -0.0104. The number of fused-ring (bicyclic) bond motifs is 1. The number of rotatable bonds is 3. The summed E-state index contributed by atoms with van der Waals surface area (Å²) in [7, 11) is 2.05. The number of ether oxygens (including phenoxy) is 1. The molecule has 98 valence electrons. The lowest BCUT2D eigenvalue weighted by Gasteiger charge is -2.33. The molecule has 1 aliphatic carbocycles. The highest BCUT2D eigenvalue weighted by molar-refractivity contribution is 5.37. The van der Waals surface area contributed by atoms with Crippen molar-refractivity contribution < 1.29 is 4.74 Å². The van der Waals surface area contributed by atoms with Gasteiger partial charge in [-0.25, -0.2) is 0 Å². The first kappa shape index (κ1) is 12.2. The Balaban J connectivity index is 1.92. The van der Waals surface area contributed by atoms with Gasteiger partial charge in [0.15, 0.2) is 0 Å². The van der Waals surface area contributed by atoms with Crippen LogP contribution in [0.5, 0.6) is 0 Å². The average molecular weight is 245 g/mol. The monoisotopic (exact) mass is 245 g/mol. The van der Waals surface area contributed by atoms with Crippen LogP contribution in [0.4, 0.5) is 0 Å². The summed E-state index contributed by atoms with van der Waals surface area (Å²) in [5.41, 5.74) is 4.45. The highest BCUT2D eigenvalue weighted by Crippen LogP contribution is 2.38. The summed E-state index contributed by atoms with van der Waals surface area (Å²) in [5, 5.41) is 3.47. The van der Waals surface area contributed by atoms with Crippen LogP contribution in [-0.2, 0) is 17.6 Å². The number of nitrogens with one attached hydrogen (secondary N) is 1. The third-order valence-corrected chi connectivity index (χ3v) is 4.60. The van der Waals surface area contributed by atoms with Crippen molar-refractivity contribution in [1.29, 1.82) is 0 Å². The largest absolute Gasteiger partial charge is 0.373 e. The van der Waals surface area contributed by atoms with Gasteiger partial charge >= 0.3 is 0 Å². The first-order valence-electron chi connectivity index (χ1n) is 7.16. The molecule has 1 N–H and O–H groups in total. The first-order chi connectivity index (χ1) is 8.73. The van der Waals surface area contributed by atoms with Crippen LogP contribution < -0.4 is 5.32 Å². The second-order valence-corrected chi connectivity index (χ2v) is 5.87. The van der Waals surface area contributed by atoms with Crippen molar-refractivity contribution in [3.63, 3.8) is 0 Å². The molecule has 18 heavy (non-hydrogen) atoms. The average Bonchev–Trinajstić information content (AvgIpc) is 2.98. The highest BCUT2D eigenvalue weighted by Gasteiger charge is 2.38. The van der Waals surface area contributed by atoms with Crippen LogP contribution in [-0.4, -0.2) is 19.3 Å². The topological polar surface area (TPSA) is 21.3 Å². The number of benzene rings is 1. The van der Waals surface area contributed by atoms with Gasteiger partial charge in [-0.1, -0.05) is 18.2 Å². The van der Waals surface area contributed by atoms with E-state index in [1.54, 1.807) is 11.1 Å². The number of hydrogen-bond acceptors (Lipinski definition) is 2. The van der Waals surface area contributed by atoms with Crippen LogP contribution in [0.15, 0.2) is 18.2 Å². The molecule has 2 nitrogen and oxygen atoms in total. The van der Waals surface area contributed by atoms with Crippen LogP contribution in [0.25, 0.3) is 0 Å². The van der Waals surface area contributed by atoms with Crippen molar-refractivity contribution in [2.45, 2.75) is 50.7 Å². The Labute approximate surface area is 110 Å². The zero-order valence-corrected chi connectivity index (χ0v) is 11.5. The molecule has 2 unspecified atom stereocenters. The van der Waals surface area contributed by atoms with E-state index in [0.717, 1.165) is 13.0 Å². The molecule has 0 amide bonds. The fraction of sp³-hybridized carbons (Fsp3) is 0.625. The van der Waals surface area contributed by atoms with Gasteiger partial charge in [0.25, 0.3) is 0 Å². The Hall–Kier alpha value is -0.860. The molecule has 2 atom stereocenters. The fourth-order valence-corrected chi connectivity index (χ4v) is 3.62. The van der Waals surface area contributed by atoms with Gasteiger partial charge in [-0.15, -0.1) is 0 Å². The van der Waals surface area contributed by atoms with E-state index in [1.165, 1.54) is 31.2 Å². The highest BCUT2D eigenvalue weighted by atomic mass is 16.5. The summed E-state index contributed by atoms with van der Waals surface area (Å²) in [4.78, 5) is 0. The molecule has 0 aromatic heterocycles. The maximum Gasteiger partial charge on any atom is 0.0849 e. The van der Waals surface area contributed by atoms with Crippen LogP contribution in [0.2, 0.25) is 0 Å². The molecular formula is C16H23NO. The van der Waals surface area contributed by atoms with E-state index in [9.17, 15) is 0 Å². The van der Waals surface area contributed by atoms with Gasteiger partial charge in [-0.3, -0.25) is 0 Å². The summed E-state index contributed by atoms with van der Waals surface area (Å²) in [6.07, 6.45) is 6.15. The molecule has 2 aliphatic rings. The Morgan fingerprint density at radius 3 is 2.78 bits per heavy atom. The Kier molecular flexibility index (Phi) is 3.16.